The molecule has 0 heterocycles. The molecule has 1 amide bonds. The summed E-state index contributed by atoms with van der Waals surface area (Å²) in [5, 5.41) is 2.95. The molecule has 12 heavy (non-hydrogen) atoms. The minimum Gasteiger partial charge on any atom is -0.350 e. The maximum absolute atomic E-state index is 11.4. The Morgan fingerprint density at radius 1 is 1.67 bits per heavy atom. The molecule has 3 nitrogen and oxygen atoms in total. The van der Waals surface area contributed by atoms with Gasteiger partial charge in [0.15, 0.2) is 0 Å². The van der Waals surface area contributed by atoms with E-state index in [0.29, 0.717) is 0 Å². The molecule has 0 aromatic carbocycles. The normalized spacial score (nSPS) is 21.6. The molecule has 1 aliphatic carbocycles. The van der Waals surface area contributed by atoms with Crippen molar-refractivity contribution in [3.63, 3.8) is 0 Å². The Bertz CT molecular complexity index is 175. The zero-order valence-electron chi connectivity index (χ0n) is 7.89. The van der Waals surface area contributed by atoms with Gasteiger partial charge in [-0.05, 0) is 26.2 Å². The molecule has 70 valence electrons. The molecule has 1 unspecified atom stereocenters. The summed E-state index contributed by atoms with van der Waals surface area (Å²) in [4.78, 5) is 11.4. The summed E-state index contributed by atoms with van der Waals surface area (Å²) in [6.07, 6.45) is 3.93. The number of amides is 1. The van der Waals surface area contributed by atoms with Crippen LogP contribution in [0.5, 0.6) is 0 Å². The van der Waals surface area contributed by atoms with Gasteiger partial charge >= 0.3 is 0 Å². The van der Waals surface area contributed by atoms with Crippen LogP contribution in [0.2, 0.25) is 0 Å². The molecule has 0 aliphatic heterocycles. The summed E-state index contributed by atoms with van der Waals surface area (Å²) in [5.41, 5.74) is 5.72. The van der Waals surface area contributed by atoms with E-state index in [-0.39, 0.29) is 17.5 Å². The molecule has 0 radical (unpaired) electrons. The van der Waals surface area contributed by atoms with Gasteiger partial charge < -0.3 is 11.1 Å². The molecule has 0 aromatic rings. The summed E-state index contributed by atoms with van der Waals surface area (Å²) in [6.45, 7) is 4.09. The zero-order chi connectivity index (χ0) is 9.19. The van der Waals surface area contributed by atoms with Crippen LogP contribution in [0.3, 0.4) is 0 Å². The summed E-state index contributed by atoms with van der Waals surface area (Å²) in [7, 11) is 0. The maximum atomic E-state index is 11.4. The molecule has 0 saturated heterocycles. The van der Waals surface area contributed by atoms with Crippen LogP contribution < -0.4 is 11.1 Å². The van der Waals surface area contributed by atoms with E-state index in [0.717, 1.165) is 25.7 Å². The highest BCUT2D eigenvalue weighted by molar-refractivity contribution is 5.82. The molecule has 1 rings (SSSR count). The number of carbonyl (C=O) groups is 1. The molecule has 3 N–H and O–H groups in total. The predicted octanol–water partition coefficient (Wildman–Crippen LogP) is 0.782. The fourth-order valence-electron chi connectivity index (χ4n) is 1.14. The fourth-order valence-corrected chi connectivity index (χ4v) is 1.14. The molecule has 0 aromatic heterocycles. The molecule has 3 heteroatoms. The number of carbonyl (C=O) groups excluding carboxylic acids is 1. The Kier molecular flexibility index (Phi) is 2.73. The number of nitrogens with two attached hydrogens (primary N) is 1. The monoisotopic (exact) mass is 170 g/mol. The van der Waals surface area contributed by atoms with E-state index < -0.39 is 0 Å². The highest BCUT2D eigenvalue weighted by Crippen LogP contribution is 2.34. The Morgan fingerprint density at radius 2 is 2.25 bits per heavy atom. The van der Waals surface area contributed by atoms with E-state index in [4.69, 9.17) is 5.73 Å². The van der Waals surface area contributed by atoms with Crippen molar-refractivity contribution in [2.75, 3.05) is 0 Å². The van der Waals surface area contributed by atoms with Crippen LogP contribution >= 0.6 is 0 Å². The van der Waals surface area contributed by atoms with Crippen LogP contribution in [-0.4, -0.2) is 17.5 Å². The van der Waals surface area contributed by atoms with Gasteiger partial charge in [0.2, 0.25) is 5.91 Å². The van der Waals surface area contributed by atoms with Crippen LogP contribution in [0.15, 0.2) is 0 Å². The van der Waals surface area contributed by atoms with Gasteiger partial charge in [-0.2, -0.15) is 0 Å². The average Bonchev–Trinajstić information content (AvgIpc) is 2.68. The standard InChI is InChI=1S/C9H18N2O/c1-3-4-7(10)8(12)11-9(2)5-6-9/h7H,3-6,10H2,1-2H3,(H,11,12). The predicted molar refractivity (Wildman–Crippen MR) is 48.7 cm³/mol. The molecule has 0 bridgehead atoms. The highest BCUT2D eigenvalue weighted by Gasteiger charge is 2.39. The molecule has 0 spiro atoms. The third kappa shape index (κ3) is 2.48. The molecular formula is C9H18N2O. The van der Waals surface area contributed by atoms with Gasteiger partial charge in [-0.1, -0.05) is 13.3 Å². The van der Waals surface area contributed by atoms with E-state index in [1.807, 2.05) is 6.92 Å². The second kappa shape index (κ2) is 3.44. The number of rotatable bonds is 4. The molecule has 1 atom stereocenters. The zero-order valence-corrected chi connectivity index (χ0v) is 7.89. The largest absolute Gasteiger partial charge is 0.350 e. The third-order valence-corrected chi connectivity index (χ3v) is 2.36. The molecule has 1 saturated carbocycles. The van der Waals surface area contributed by atoms with E-state index in [9.17, 15) is 4.79 Å². The number of hydrogen-bond donors (Lipinski definition) is 2. The Hall–Kier alpha value is -0.570. The van der Waals surface area contributed by atoms with Gasteiger partial charge in [0.25, 0.3) is 0 Å². The van der Waals surface area contributed by atoms with E-state index in [2.05, 4.69) is 12.2 Å². The van der Waals surface area contributed by atoms with Gasteiger partial charge in [0.1, 0.15) is 0 Å². The first kappa shape index (κ1) is 9.52. The van der Waals surface area contributed by atoms with Crippen molar-refractivity contribution < 1.29 is 4.79 Å². The molecule has 1 aliphatic rings. The van der Waals surface area contributed by atoms with Gasteiger partial charge in [0.05, 0.1) is 6.04 Å². The first-order valence-electron chi connectivity index (χ1n) is 4.65. The van der Waals surface area contributed by atoms with Crippen molar-refractivity contribution in [2.45, 2.75) is 51.1 Å². The van der Waals surface area contributed by atoms with E-state index >= 15 is 0 Å². The van der Waals surface area contributed by atoms with E-state index in [1.165, 1.54) is 0 Å². The smallest absolute Gasteiger partial charge is 0.237 e. The summed E-state index contributed by atoms with van der Waals surface area (Å²) in [5.74, 6) is 0.0110. The van der Waals surface area contributed by atoms with Crippen LogP contribution in [0, 0.1) is 0 Å². The van der Waals surface area contributed by atoms with Crippen LogP contribution in [0.4, 0.5) is 0 Å². The van der Waals surface area contributed by atoms with Crippen molar-refractivity contribution in [2.24, 2.45) is 5.73 Å². The van der Waals surface area contributed by atoms with Crippen molar-refractivity contribution >= 4 is 5.91 Å². The van der Waals surface area contributed by atoms with Gasteiger partial charge in [-0.25, -0.2) is 0 Å². The SMILES string of the molecule is CCCC(N)C(=O)NC1(C)CC1. The lowest BCUT2D eigenvalue weighted by molar-refractivity contribution is -0.123. The van der Waals surface area contributed by atoms with Crippen LogP contribution in [0.1, 0.15) is 39.5 Å². The number of nitrogens with one attached hydrogen (secondary N) is 1. The van der Waals surface area contributed by atoms with Crippen molar-refractivity contribution in [1.29, 1.82) is 0 Å². The Labute approximate surface area is 73.7 Å². The van der Waals surface area contributed by atoms with Crippen LogP contribution in [0.25, 0.3) is 0 Å². The van der Waals surface area contributed by atoms with Crippen molar-refractivity contribution in [3.8, 4) is 0 Å². The minimum atomic E-state index is -0.313. The molecular weight excluding hydrogens is 152 g/mol. The Morgan fingerprint density at radius 3 is 2.67 bits per heavy atom. The van der Waals surface area contributed by atoms with Crippen molar-refractivity contribution in [3.05, 3.63) is 0 Å². The highest BCUT2D eigenvalue weighted by atomic mass is 16.2. The van der Waals surface area contributed by atoms with E-state index in [1.54, 1.807) is 0 Å². The summed E-state index contributed by atoms with van der Waals surface area (Å²) in [6, 6.07) is -0.313. The lowest BCUT2D eigenvalue weighted by Crippen LogP contribution is -2.45. The first-order chi connectivity index (χ1) is 5.57. The fraction of sp³-hybridized carbons (Fsp3) is 0.889. The topological polar surface area (TPSA) is 55.1 Å². The lowest BCUT2D eigenvalue weighted by Gasteiger charge is -2.15. The Balaban J connectivity index is 2.27. The van der Waals surface area contributed by atoms with Gasteiger partial charge in [-0.15, -0.1) is 0 Å². The van der Waals surface area contributed by atoms with Gasteiger partial charge in [-0.3, -0.25) is 4.79 Å². The van der Waals surface area contributed by atoms with Crippen molar-refractivity contribution in [1.82, 2.24) is 5.32 Å². The maximum Gasteiger partial charge on any atom is 0.237 e. The summed E-state index contributed by atoms with van der Waals surface area (Å²) >= 11 is 0. The second-order valence-corrected chi connectivity index (χ2v) is 3.95. The summed E-state index contributed by atoms with van der Waals surface area (Å²) < 4.78 is 0. The lowest BCUT2D eigenvalue weighted by atomic mass is 10.1. The van der Waals surface area contributed by atoms with Crippen LogP contribution in [-0.2, 0) is 4.79 Å². The van der Waals surface area contributed by atoms with Gasteiger partial charge in [0, 0.05) is 5.54 Å². The minimum absolute atomic E-state index is 0.0110. The third-order valence-electron chi connectivity index (χ3n) is 2.36. The quantitative estimate of drug-likeness (QED) is 0.655. The second-order valence-electron chi connectivity index (χ2n) is 3.95. The number of hydrogen-bond acceptors (Lipinski definition) is 2. The average molecular weight is 170 g/mol. The molecule has 1 fully saturated rings. The first-order valence-corrected chi connectivity index (χ1v) is 4.65.